The van der Waals surface area contributed by atoms with Gasteiger partial charge in [0.05, 0.1) is 7.11 Å². The summed E-state index contributed by atoms with van der Waals surface area (Å²) in [6.45, 7) is 0. The third kappa shape index (κ3) is 3.29. The van der Waals surface area contributed by atoms with E-state index in [1.807, 2.05) is 72.4 Å². The summed E-state index contributed by atoms with van der Waals surface area (Å²) in [5.41, 5.74) is 1.86. The third-order valence-electron chi connectivity index (χ3n) is 3.01. The quantitative estimate of drug-likeness (QED) is 0.686. The highest BCUT2D eigenvalue weighted by Gasteiger charge is 2.05. The fourth-order valence-corrected chi connectivity index (χ4v) is 1.79. The lowest BCUT2D eigenvalue weighted by Crippen LogP contribution is -2.25. The van der Waals surface area contributed by atoms with Crippen LogP contribution in [0.5, 0.6) is 5.75 Å². The summed E-state index contributed by atoms with van der Waals surface area (Å²) in [7, 11) is 5.60. The van der Waals surface area contributed by atoms with Crippen molar-refractivity contribution >= 4 is 17.6 Å². The molecule has 1 aromatic carbocycles. The van der Waals surface area contributed by atoms with E-state index in [1.54, 1.807) is 13.3 Å². The van der Waals surface area contributed by atoms with Crippen LogP contribution in [0.3, 0.4) is 0 Å². The van der Waals surface area contributed by atoms with E-state index in [0.29, 0.717) is 0 Å². The van der Waals surface area contributed by atoms with Gasteiger partial charge in [-0.3, -0.25) is 0 Å². The maximum absolute atomic E-state index is 10.1. The monoisotopic (exact) mass is 271 g/mol. The molecule has 2 aromatic rings. The van der Waals surface area contributed by atoms with Crippen molar-refractivity contribution in [2.45, 2.75) is 0 Å². The number of aromatic nitrogens is 1. The van der Waals surface area contributed by atoms with E-state index in [1.165, 1.54) is 0 Å². The Balaban J connectivity index is 2.20. The Morgan fingerprint density at radius 3 is 2.20 bits per heavy atom. The molecule has 0 aliphatic heterocycles. The highest BCUT2D eigenvalue weighted by Crippen LogP contribution is 2.16. The largest absolute Gasteiger partial charge is 0.502 e. The molecular weight excluding hydrogens is 252 g/mol. The average Bonchev–Trinajstić information content (AvgIpc) is 2.48. The summed E-state index contributed by atoms with van der Waals surface area (Å²) >= 11 is 0. The zero-order valence-electron chi connectivity index (χ0n) is 11.9. The number of aliphatic hydroxyl groups is 1. The highest BCUT2D eigenvalue weighted by molar-refractivity contribution is 5.66. The van der Waals surface area contributed by atoms with Gasteiger partial charge in [0, 0.05) is 37.5 Å². The van der Waals surface area contributed by atoms with Gasteiger partial charge in [0.2, 0.25) is 6.20 Å². The van der Waals surface area contributed by atoms with Crippen molar-refractivity contribution in [1.82, 2.24) is 0 Å². The average molecular weight is 271 g/mol. The molecule has 2 rings (SSSR count). The summed E-state index contributed by atoms with van der Waals surface area (Å²) in [6.07, 6.45) is 5.46. The molecular formula is C16H19N2O2+. The standard InChI is InChI=1S/C16H18N2O2/c1-17(2)14-8-10-18(11-9-14)12-16(19)13-4-6-15(20-3)7-5-13/h4-12H,1-3H3/p+1/b16-12+. The van der Waals surface area contributed by atoms with Crippen LogP contribution < -0.4 is 14.2 Å². The minimum Gasteiger partial charge on any atom is -0.502 e. The predicted octanol–water partition coefficient (Wildman–Crippen LogP) is 2.56. The summed E-state index contributed by atoms with van der Waals surface area (Å²) < 4.78 is 6.90. The maximum Gasteiger partial charge on any atom is 0.216 e. The lowest BCUT2D eigenvalue weighted by atomic mass is 10.2. The summed E-state index contributed by atoms with van der Waals surface area (Å²) in [6, 6.07) is 11.2. The van der Waals surface area contributed by atoms with Gasteiger partial charge in [-0.15, -0.1) is 0 Å². The normalized spacial score (nSPS) is 11.2. The maximum atomic E-state index is 10.1. The minimum atomic E-state index is 0.204. The Morgan fingerprint density at radius 1 is 1.10 bits per heavy atom. The Kier molecular flexibility index (Phi) is 4.25. The molecule has 0 amide bonds. The van der Waals surface area contributed by atoms with Crippen LogP contribution in [-0.4, -0.2) is 26.3 Å². The zero-order chi connectivity index (χ0) is 14.5. The first-order valence-electron chi connectivity index (χ1n) is 6.33. The molecule has 1 heterocycles. The van der Waals surface area contributed by atoms with Crippen LogP contribution in [0.25, 0.3) is 12.0 Å². The number of pyridine rings is 1. The lowest BCUT2D eigenvalue weighted by Gasteiger charge is -2.09. The predicted molar refractivity (Wildman–Crippen MR) is 80.8 cm³/mol. The molecule has 0 unspecified atom stereocenters. The Labute approximate surface area is 119 Å². The minimum absolute atomic E-state index is 0.204. The third-order valence-corrected chi connectivity index (χ3v) is 3.01. The Morgan fingerprint density at radius 2 is 1.70 bits per heavy atom. The van der Waals surface area contributed by atoms with Crippen molar-refractivity contribution in [3.63, 3.8) is 0 Å². The van der Waals surface area contributed by atoms with Crippen LogP contribution in [0, 0.1) is 0 Å². The number of aliphatic hydroxyl groups excluding tert-OH is 1. The van der Waals surface area contributed by atoms with Gasteiger partial charge in [0.1, 0.15) is 5.75 Å². The van der Waals surface area contributed by atoms with E-state index in [2.05, 4.69) is 0 Å². The second-order valence-corrected chi connectivity index (χ2v) is 4.64. The van der Waals surface area contributed by atoms with E-state index in [9.17, 15) is 5.11 Å². The van der Waals surface area contributed by atoms with Crippen molar-refractivity contribution in [3.05, 3.63) is 54.4 Å². The molecule has 104 valence electrons. The van der Waals surface area contributed by atoms with Crippen molar-refractivity contribution in [1.29, 1.82) is 0 Å². The molecule has 0 saturated carbocycles. The topological polar surface area (TPSA) is 36.6 Å². The first-order valence-corrected chi connectivity index (χ1v) is 6.33. The fourth-order valence-electron chi connectivity index (χ4n) is 1.79. The van der Waals surface area contributed by atoms with Crippen LogP contribution in [0.2, 0.25) is 0 Å². The van der Waals surface area contributed by atoms with Gasteiger partial charge in [-0.1, -0.05) is 0 Å². The SMILES string of the molecule is COc1ccc(/C(O)=C\[n+]2ccc(N(C)C)cc2)cc1. The lowest BCUT2D eigenvalue weighted by molar-refractivity contribution is -0.568. The Hall–Kier alpha value is -2.49. The number of benzene rings is 1. The molecule has 1 N–H and O–H groups in total. The van der Waals surface area contributed by atoms with Gasteiger partial charge in [-0.05, 0) is 24.3 Å². The summed E-state index contributed by atoms with van der Waals surface area (Å²) in [4.78, 5) is 2.03. The molecule has 0 aliphatic rings. The molecule has 4 nitrogen and oxygen atoms in total. The highest BCUT2D eigenvalue weighted by atomic mass is 16.5. The van der Waals surface area contributed by atoms with E-state index in [0.717, 1.165) is 17.0 Å². The molecule has 1 aromatic heterocycles. The van der Waals surface area contributed by atoms with Crippen molar-refractivity contribution in [2.75, 3.05) is 26.1 Å². The first kappa shape index (κ1) is 13.9. The Bertz CT molecular complexity index is 587. The van der Waals surface area contributed by atoms with Crippen molar-refractivity contribution in [2.24, 2.45) is 0 Å². The van der Waals surface area contributed by atoms with Gasteiger partial charge < -0.3 is 14.7 Å². The number of rotatable bonds is 4. The first-order chi connectivity index (χ1) is 9.60. The molecule has 0 bridgehead atoms. The van der Waals surface area contributed by atoms with Gasteiger partial charge >= 0.3 is 0 Å². The van der Waals surface area contributed by atoms with E-state index in [4.69, 9.17) is 4.74 Å². The van der Waals surface area contributed by atoms with Gasteiger partial charge in [-0.25, -0.2) is 0 Å². The number of anilines is 1. The molecule has 20 heavy (non-hydrogen) atoms. The van der Waals surface area contributed by atoms with Crippen molar-refractivity contribution < 1.29 is 14.4 Å². The molecule has 0 spiro atoms. The van der Waals surface area contributed by atoms with Gasteiger partial charge in [-0.2, -0.15) is 4.57 Å². The number of hydrogen-bond acceptors (Lipinski definition) is 3. The second kappa shape index (κ2) is 6.10. The second-order valence-electron chi connectivity index (χ2n) is 4.64. The fraction of sp³-hybridized carbons (Fsp3) is 0.188. The van der Waals surface area contributed by atoms with Crippen molar-refractivity contribution in [3.8, 4) is 5.75 Å². The molecule has 0 aliphatic carbocycles. The zero-order valence-corrected chi connectivity index (χ0v) is 11.9. The molecule has 0 fully saturated rings. The van der Waals surface area contributed by atoms with Crippen LogP contribution in [0.15, 0.2) is 48.8 Å². The van der Waals surface area contributed by atoms with Gasteiger partial charge in [0.15, 0.2) is 18.2 Å². The smallest absolute Gasteiger partial charge is 0.216 e. The van der Waals surface area contributed by atoms with Gasteiger partial charge in [0.25, 0.3) is 0 Å². The summed E-state index contributed by atoms with van der Waals surface area (Å²) in [5, 5.41) is 10.1. The number of nitrogens with zero attached hydrogens (tertiary/aromatic N) is 2. The van der Waals surface area contributed by atoms with Crippen LogP contribution >= 0.6 is 0 Å². The van der Waals surface area contributed by atoms with E-state index in [-0.39, 0.29) is 5.76 Å². The van der Waals surface area contributed by atoms with Crippen LogP contribution in [0.4, 0.5) is 5.69 Å². The number of hydrogen-bond donors (Lipinski definition) is 1. The molecule has 0 atom stereocenters. The molecule has 0 saturated heterocycles. The number of methoxy groups -OCH3 is 1. The number of ether oxygens (including phenoxy) is 1. The van der Waals surface area contributed by atoms with E-state index >= 15 is 0 Å². The molecule has 0 radical (unpaired) electrons. The molecule has 4 heteroatoms. The summed E-state index contributed by atoms with van der Waals surface area (Å²) in [5.74, 6) is 0.972. The van der Waals surface area contributed by atoms with Crippen LogP contribution in [0.1, 0.15) is 5.56 Å². The van der Waals surface area contributed by atoms with E-state index < -0.39 is 0 Å². The van der Waals surface area contributed by atoms with Crippen LogP contribution in [-0.2, 0) is 0 Å².